The van der Waals surface area contributed by atoms with Crippen LogP contribution in [0.25, 0.3) is 0 Å². The normalized spacial score (nSPS) is 20.8. The average Bonchev–Trinajstić information content (AvgIpc) is 2.91. The minimum absolute atomic E-state index is 0.375. The summed E-state index contributed by atoms with van der Waals surface area (Å²) in [6.45, 7) is 9.45. The van der Waals surface area contributed by atoms with E-state index in [0.29, 0.717) is 12.0 Å². The van der Waals surface area contributed by atoms with Crippen molar-refractivity contribution >= 4 is 11.3 Å². The lowest BCUT2D eigenvalue weighted by atomic mass is 10.1. The van der Waals surface area contributed by atoms with Gasteiger partial charge in [-0.3, -0.25) is 0 Å². The van der Waals surface area contributed by atoms with E-state index in [1.807, 2.05) is 5.51 Å². The number of rotatable bonds is 6. The fraction of sp³-hybridized carbons (Fsp3) is 0.786. The summed E-state index contributed by atoms with van der Waals surface area (Å²) in [5, 5.41) is 5.72. The summed E-state index contributed by atoms with van der Waals surface area (Å²) in [7, 11) is 0. The van der Waals surface area contributed by atoms with Gasteiger partial charge in [-0.1, -0.05) is 13.3 Å². The number of piperidine rings is 1. The lowest BCUT2D eigenvalue weighted by Gasteiger charge is -2.29. The van der Waals surface area contributed by atoms with Gasteiger partial charge in [0, 0.05) is 18.0 Å². The second kappa shape index (κ2) is 7.22. The number of nitrogens with zero attached hydrogens (tertiary/aromatic N) is 2. The van der Waals surface area contributed by atoms with Crippen molar-refractivity contribution in [1.29, 1.82) is 0 Å². The third-order valence-corrected chi connectivity index (χ3v) is 4.29. The Bertz CT molecular complexity index is 320. The molecule has 2 rings (SSSR count). The molecular formula is C14H25N3S. The Hall–Kier alpha value is -0.450. The lowest BCUT2D eigenvalue weighted by molar-refractivity contribution is 0.197. The van der Waals surface area contributed by atoms with Crippen molar-refractivity contribution in [3.05, 3.63) is 16.6 Å². The fourth-order valence-electron chi connectivity index (χ4n) is 2.57. The molecule has 0 aliphatic carbocycles. The Labute approximate surface area is 115 Å². The molecule has 3 nitrogen and oxygen atoms in total. The summed E-state index contributed by atoms with van der Waals surface area (Å²) in [5.74, 6) is 0.712. The molecule has 1 aliphatic rings. The molecule has 18 heavy (non-hydrogen) atoms. The molecule has 0 bridgehead atoms. The molecule has 0 amide bonds. The number of likely N-dealkylation sites (tertiary alicyclic amines) is 1. The SMILES string of the molecule is CC(CNC(C)c1cscn1)CN1CCCCC1. The highest BCUT2D eigenvalue weighted by atomic mass is 32.1. The van der Waals surface area contributed by atoms with Gasteiger partial charge >= 0.3 is 0 Å². The van der Waals surface area contributed by atoms with E-state index in [4.69, 9.17) is 0 Å². The van der Waals surface area contributed by atoms with Crippen LogP contribution in [0.3, 0.4) is 0 Å². The van der Waals surface area contributed by atoms with Crippen molar-refractivity contribution < 1.29 is 0 Å². The highest BCUT2D eigenvalue weighted by Gasteiger charge is 2.14. The first-order valence-electron chi connectivity index (χ1n) is 7.09. The van der Waals surface area contributed by atoms with E-state index < -0.39 is 0 Å². The highest BCUT2D eigenvalue weighted by molar-refractivity contribution is 7.07. The molecule has 0 radical (unpaired) electrons. The van der Waals surface area contributed by atoms with Gasteiger partial charge in [0.25, 0.3) is 0 Å². The molecule has 0 spiro atoms. The number of thiazole rings is 1. The van der Waals surface area contributed by atoms with Crippen LogP contribution in [0.2, 0.25) is 0 Å². The van der Waals surface area contributed by atoms with Crippen LogP contribution in [0.15, 0.2) is 10.9 Å². The van der Waals surface area contributed by atoms with E-state index in [-0.39, 0.29) is 0 Å². The molecule has 1 aliphatic heterocycles. The third kappa shape index (κ3) is 4.34. The average molecular weight is 267 g/mol. The van der Waals surface area contributed by atoms with Gasteiger partial charge in [-0.15, -0.1) is 11.3 Å². The first-order valence-corrected chi connectivity index (χ1v) is 8.04. The van der Waals surface area contributed by atoms with Crippen molar-refractivity contribution in [2.24, 2.45) is 5.92 Å². The standard InChI is InChI=1S/C14H25N3S/c1-12(9-17-6-4-3-5-7-17)8-15-13(2)14-10-18-11-16-14/h10-13,15H,3-9H2,1-2H3. The zero-order valence-corrected chi connectivity index (χ0v) is 12.4. The van der Waals surface area contributed by atoms with Crippen LogP contribution in [0.4, 0.5) is 0 Å². The van der Waals surface area contributed by atoms with Crippen LogP contribution in [-0.2, 0) is 0 Å². The number of hydrogen-bond acceptors (Lipinski definition) is 4. The maximum Gasteiger partial charge on any atom is 0.0795 e. The van der Waals surface area contributed by atoms with Gasteiger partial charge in [-0.25, -0.2) is 4.98 Å². The summed E-state index contributed by atoms with van der Waals surface area (Å²) in [6.07, 6.45) is 4.19. The molecule has 1 saturated heterocycles. The maximum absolute atomic E-state index is 4.36. The van der Waals surface area contributed by atoms with E-state index in [1.54, 1.807) is 11.3 Å². The number of aromatic nitrogens is 1. The highest BCUT2D eigenvalue weighted by Crippen LogP contribution is 2.13. The van der Waals surface area contributed by atoms with E-state index in [1.165, 1.54) is 44.6 Å². The number of hydrogen-bond donors (Lipinski definition) is 1. The van der Waals surface area contributed by atoms with Crippen molar-refractivity contribution in [2.45, 2.75) is 39.2 Å². The van der Waals surface area contributed by atoms with E-state index in [2.05, 4.69) is 34.4 Å². The Kier molecular flexibility index (Phi) is 5.60. The quantitative estimate of drug-likeness (QED) is 0.859. The first-order chi connectivity index (χ1) is 8.75. The van der Waals surface area contributed by atoms with Crippen molar-refractivity contribution in [3.63, 3.8) is 0 Å². The molecule has 2 atom stereocenters. The molecule has 1 aromatic rings. The fourth-order valence-corrected chi connectivity index (χ4v) is 3.21. The molecule has 1 N–H and O–H groups in total. The number of nitrogens with one attached hydrogen (secondary N) is 1. The van der Waals surface area contributed by atoms with Gasteiger partial charge in [-0.05, 0) is 45.3 Å². The molecule has 2 heterocycles. The van der Waals surface area contributed by atoms with Crippen LogP contribution in [0, 0.1) is 5.92 Å². The monoisotopic (exact) mass is 267 g/mol. The van der Waals surface area contributed by atoms with Gasteiger partial charge in [-0.2, -0.15) is 0 Å². The Balaban J connectivity index is 1.66. The predicted octanol–water partition coefficient (Wildman–Crippen LogP) is 2.92. The van der Waals surface area contributed by atoms with Crippen molar-refractivity contribution in [2.75, 3.05) is 26.2 Å². The predicted molar refractivity (Wildman–Crippen MR) is 78.0 cm³/mol. The second-order valence-corrected chi connectivity index (χ2v) is 6.23. The van der Waals surface area contributed by atoms with Crippen molar-refractivity contribution in [3.8, 4) is 0 Å². The maximum atomic E-state index is 4.36. The van der Waals surface area contributed by atoms with E-state index in [9.17, 15) is 0 Å². The van der Waals surface area contributed by atoms with Crippen molar-refractivity contribution in [1.82, 2.24) is 15.2 Å². The van der Waals surface area contributed by atoms with Crippen LogP contribution in [-0.4, -0.2) is 36.1 Å². The lowest BCUT2D eigenvalue weighted by Crippen LogP contribution is -2.37. The van der Waals surface area contributed by atoms with Crippen LogP contribution in [0.1, 0.15) is 44.8 Å². The minimum atomic E-state index is 0.375. The van der Waals surface area contributed by atoms with Crippen LogP contribution < -0.4 is 5.32 Å². The molecule has 0 saturated carbocycles. The second-order valence-electron chi connectivity index (χ2n) is 5.51. The van der Waals surface area contributed by atoms with Gasteiger partial charge < -0.3 is 10.2 Å². The topological polar surface area (TPSA) is 28.2 Å². The van der Waals surface area contributed by atoms with Gasteiger partial charge in [0.05, 0.1) is 11.2 Å². The largest absolute Gasteiger partial charge is 0.309 e. The smallest absolute Gasteiger partial charge is 0.0795 e. The summed E-state index contributed by atoms with van der Waals surface area (Å²) in [4.78, 5) is 6.97. The Morgan fingerprint density at radius 2 is 2.11 bits per heavy atom. The minimum Gasteiger partial charge on any atom is -0.309 e. The van der Waals surface area contributed by atoms with E-state index >= 15 is 0 Å². The molecule has 102 valence electrons. The zero-order chi connectivity index (χ0) is 12.8. The molecular weight excluding hydrogens is 242 g/mol. The Morgan fingerprint density at radius 1 is 1.33 bits per heavy atom. The summed E-state index contributed by atoms with van der Waals surface area (Å²) in [5.41, 5.74) is 3.08. The third-order valence-electron chi connectivity index (χ3n) is 3.69. The summed E-state index contributed by atoms with van der Waals surface area (Å²) >= 11 is 1.67. The summed E-state index contributed by atoms with van der Waals surface area (Å²) < 4.78 is 0. The van der Waals surface area contributed by atoms with Gasteiger partial charge in [0.15, 0.2) is 0 Å². The Morgan fingerprint density at radius 3 is 2.78 bits per heavy atom. The molecule has 2 unspecified atom stereocenters. The van der Waals surface area contributed by atoms with Crippen LogP contribution in [0.5, 0.6) is 0 Å². The summed E-state index contributed by atoms with van der Waals surface area (Å²) in [6, 6.07) is 0.375. The first kappa shape index (κ1) is 14.0. The molecule has 1 fully saturated rings. The zero-order valence-electron chi connectivity index (χ0n) is 11.6. The molecule has 0 aromatic carbocycles. The molecule has 1 aromatic heterocycles. The molecule has 4 heteroatoms. The van der Waals surface area contributed by atoms with Gasteiger partial charge in [0.1, 0.15) is 0 Å². The van der Waals surface area contributed by atoms with Crippen LogP contribution >= 0.6 is 11.3 Å². The van der Waals surface area contributed by atoms with Gasteiger partial charge in [0.2, 0.25) is 0 Å². The van der Waals surface area contributed by atoms with E-state index in [0.717, 1.165) is 6.54 Å².